The van der Waals surface area contributed by atoms with E-state index in [1.807, 2.05) is 13.0 Å². The number of hydrogen-bond donors (Lipinski definition) is 1. The summed E-state index contributed by atoms with van der Waals surface area (Å²) in [6.07, 6.45) is 2.92. The van der Waals surface area contributed by atoms with Crippen molar-refractivity contribution in [1.82, 2.24) is 4.98 Å². The molecular weight excluding hydrogens is 174 g/mol. The van der Waals surface area contributed by atoms with E-state index >= 15 is 0 Å². The maximum Gasteiger partial charge on any atom is 0.144 e. The molecule has 1 saturated carbocycles. The first-order valence-corrected chi connectivity index (χ1v) is 4.84. The first-order chi connectivity index (χ1) is 6.72. The molecule has 1 aliphatic rings. The highest BCUT2D eigenvalue weighted by atomic mass is 15.0. The quantitative estimate of drug-likeness (QED) is 0.771. The van der Waals surface area contributed by atoms with Gasteiger partial charge in [0.2, 0.25) is 0 Å². The van der Waals surface area contributed by atoms with Gasteiger partial charge in [0.1, 0.15) is 11.9 Å². The van der Waals surface area contributed by atoms with Gasteiger partial charge in [0, 0.05) is 12.2 Å². The van der Waals surface area contributed by atoms with Crippen LogP contribution in [0.25, 0.3) is 0 Å². The van der Waals surface area contributed by atoms with Crippen molar-refractivity contribution in [3.8, 4) is 6.07 Å². The molecule has 0 spiro atoms. The Morgan fingerprint density at radius 1 is 1.64 bits per heavy atom. The SMILES string of the molecule is Cc1ccnc(NC2CC2C)c1C#N. The Bertz CT molecular complexity index is 392. The second-order valence-electron chi connectivity index (χ2n) is 3.93. The summed E-state index contributed by atoms with van der Waals surface area (Å²) in [5, 5.41) is 12.3. The Labute approximate surface area is 83.8 Å². The fourth-order valence-corrected chi connectivity index (χ4v) is 1.51. The van der Waals surface area contributed by atoms with Crippen molar-refractivity contribution in [2.24, 2.45) is 5.92 Å². The highest BCUT2D eigenvalue weighted by Gasteiger charge is 2.33. The largest absolute Gasteiger partial charge is 0.366 e. The minimum Gasteiger partial charge on any atom is -0.366 e. The maximum atomic E-state index is 8.97. The molecule has 1 heterocycles. The number of aryl methyl sites for hydroxylation is 1. The molecular formula is C11H13N3. The van der Waals surface area contributed by atoms with Crippen LogP contribution in [0.15, 0.2) is 12.3 Å². The van der Waals surface area contributed by atoms with Crippen LogP contribution < -0.4 is 5.32 Å². The van der Waals surface area contributed by atoms with Gasteiger partial charge in [-0.25, -0.2) is 4.98 Å². The third-order valence-electron chi connectivity index (χ3n) is 2.70. The predicted molar refractivity (Wildman–Crippen MR) is 54.9 cm³/mol. The Morgan fingerprint density at radius 3 is 2.93 bits per heavy atom. The van der Waals surface area contributed by atoms with Crippen LogP contribution in [-0.4, -0.2) is 11.0 Å². The standard InChI is InChI=1S/C11H13N3/c1-7-3-4-13-11(9(7)6-12)14-10-5-8(10)2/h3-4,8,10H,5H2,1-2H3,(H,13,14). The number of hydrogen-bond acceptors (Lipinski definition) is 3. The van der Waals surface area contributed by atoms with Gasteiger partial charge in [-0.1, -0.05) is 6.92 Å². The minimum absolute atomic E-state index is 0.511. The molecule has 14 heavy (non-hydrogen) atoms. The summed E-state index contributed by atoms with van der Waals surface area (Å²) in [6.45, 7) is 4.13. The lowest BCUT2D eigenvalue weighted by molar-refractivity contribution is 0.922. The van der Waals surface area contributed by atoms with Gasteiger partial charge in [-0.3, -0.25) is 0 Å². The van der Waals surface area contributed by atoms with Crippen molar-refractivity contribution < 1.29 is 0 Å². The Kier molecular flexibility index (Phi) is 2.12. The van der Waals surface area contributed by atoms with Gasteiger partial charge >= 0.3 is 0 Å². The summed E-state index contributed by atoms with van der Waals surface area (Å²) in [7, 11) is 0. The molecule has 0 saturated heterocycles. The molecule has 1 fully saturated rings. The molecule has 2 atom stereocenters. The molecule has 0 aliphatic heterocycles. The average molecular weight is 187 g/mol. The van der Waals surface area contributed by atoms with E-state index in [1.54, 1.807) is 6.20 Å². The Hall–Kier alpha value is -1.56. The zero-order valence-electron chi connectivity index (χ0n) is 8.41. The van der Waals surface area contributed by atoms with Gasteiger partial charge in [0.05, 0.1) is 5.56 Å². The third kappa shape index (κ3) is 1.56. The smallest absolute Gasteiger partial charge is 0.144 e. The molecule has 1 aromatic rings. The highest BCUT2D eigenvalue weighted by molar-refractivity contribution is 5.56. The number of anilines is 1. The van der Waals surface area contributed by atoms with E-state index in [1.165, 1.54) is 6.42 Å². The highest BCUT2D eigenvalue weighted by Crippen LogP contribution is 2.33. The van der Waals surface area contributed by atoms with Crippen molar-refractivity contribution in [1.29, 1.82) is 5.26 Å². The van der Waals surface area contributed by atoms with Crippen LogP contribution in [0.3, 0.4) is 0 Å². The topological polar surface area (TPSA) is 48.7 Å². The molecule has 72 valence electrons. The lowest BCUT2D eigenvalue weighted by atomic mass is 10.1. The Morgan fingerprint density at radius 2 is 2.36 bits per heavy atom. The van der Waals surface area contributed by atoms with Crippen LogP contribution >= 0.6 is 0 Å². The second-order valence-corrected chi connectivity index (χ2v) is 3.93. The van der Waals surface area contributed by atoms with E-state index in [9.17, 15) is 0 Å². The van der Waals surface area contributed by atoms with Gasteiger partial charge in [0.25, 0.3) is 0 Å². The first kappa shape index (κ1) is 9.01. The lowest BCUT2D eigenvalue weighted by Crippen LogP contribution is -2.07. The van der Waals surface area contributed by atoms with E-state index in [0.717, 1.165) is 11.4 Å². The summed E-state index contributed by atoms with van der Waals surface area (Å²) in [4.78, 5) is 4.19. The van der Waals surface area contributed by atoms with Crippen LogP contribution in [0.5, 0.6) is 0 Å². The van der Waals surface area contributed by atoms with Gasteiger partial charge in [-0.2, -0.15) is 5.26 Å². The molecule has 0 bridgehead atoms. The van der Waals surface area contributed by atoms with Crippen LogP contribution in [0.2, 0.25) is 0 Å². The maximum absolute atomic E-state index is 8.97. The van der Waals surface area contributed by atoms with Crippen LogP contribution in [-0.2, 0) is 0 Å². The van der Waals surface area contributed by atoms with Crippen LogP contribution in [0.4, 0.5) is 5.82 Å². The van der Waals surface area contributed by atoms with Crippen LogP contribution in [0, 0.1) is 24.2 Å². The van der Waals surface area contributed by atoms with E-state index in [0.29, 0.717) is 17.5 Å². The fourth-order valence-electron chi connectivity index (χ4n) is 1.51. The van der Waals surface area contributed by atoms with E-state index in [4.69, 9.17) is 5.26 Å². The number of nitrogens with zero attached hydrogens (tertiary/aromatic N) is 2. The average Bonchev–Trinajstić information content (AvgIpc) is 2.82. The summed E-state index contributed by atoms with van der Waals surface area (Å²) in [6, 6.07) is 4.56. The second kappa shape index (κ2) is 3.30. The third-order valence-corrected chi connectivity index (χ3v) is 2.70. The van der Waals surface area contributed by atoms with Crippen molar-refractivity contribution in [2.45, 2.75) is 26.3 Å². The van der Waals surface area contributed by atoms with Crippen molar-refractivity contribution in [3.05, 3.63) is 23.4 Å². The molecule has 2 rings (SSSR count). The molecule has 1 aromatic heterocycles. The van der Waals surface area contributed by atoms with Gasteiger partial charge in [0.15, 0.2) is 0 Å². The Balaban J connectivity index is 2.24. The summed E-state index contributed by atoms with van der Waals surface area (Å²) in [5.41, 5.74) is 1.66. The summed E-state index contributed by atoms with van der Waals surface area (Å²) in [5.74, 6) is 1.45. The number of rotatable bonds is 2. The van der Waals surface area contributed by atoms with Crippen molar-refractivity contribution >= 4 is 5.82 Å². The summed E-state index contributed by atoms with van der Waals surface area (Å²) >= 11 is 0. The lowest BCUT2D eigenvalue weighted by Gasteiger charge is -2.07. The van der Waals surface area contributed by atoms with E-state index in [2.05, 4.69) is 23.3 Å². The molecule has 3 nitrogen and oxygen atoms in total. The van der Waals surface area contributed by atoms with Gasteiger partial charge in [-0.15, -0.1) is 0 Å². The fraction of sp³-hybridized carbons (Fsp3) is 0.455. The van der Waals surface area contributed by atoms with Crippen LogP contribution in [0.1, 0.15) is 24.5 Å². The normalized spacial score (nSPS) is 24.1. The molecule has 1 aliphatic carbocycles. The van der Waals surface area contributed by atoms with E-state index in [-0.39, 0.29) is 0 Å². The molecule has 0 radical (unpaired) electrons. The first-order valence-electron chi connectivity index (χ1n) is 4.84. The van der Waals surface area contributed by atoms with E-state index < -0.39 is 0 Å². The molecule has 3 heteroatoms. The number of aromatic nitrogens is 1. The van der Waals surface area contributed by atoms with Gasteiger partial charge in [-0.05, 0) is 30.9 Å². The van der Waals surface area contributed by atoms with Crippen molar-refractivity contribution in [3.63, 3.8) is 0 Å². The molecule has 0 aromatic carbocycles. The molecule has 0 amide bonds. The number of nitrogens with one attached hydrogen (secondary N) is 1. The van der Waals surface area contributed by atoms with Crippen molar-refractivity contribution in [2.75, 3.05) is 5.32 Å². The monoisotopic (exact) mass is 187 g/mol. The summed E-state index contributed by atoms with van der Waals surface area (Å²) < 4.78 is 0. The predicted octanol–water partition coefficient (Wildman–Crippen LogP) is 2.08. The van der Waals surface area contributed by atoms with Gasteiger partial charge < -0.3 is 5.32 Å². The zero-order valence-corrected chi connectivity index (χ0v) is 8.41. The molecule has 2 unspecified atom stereocenters. The number of nitriles is 1. The minimum atomic E-state index is 0.511. The zero-order chi connectivity index (χ0) is 10.1. The number of pyridine rings is 1. The molecule has 1 N–H and O–H groups in total.